The number of rotatable bonds is 2. The highest BCUT2D eigenvalue weighted by Crippen LogP contribution is 2.13. The minimum atomic E-state index is 0.166. The van der Waals surface area contributed by atoms with E-state index < -0.39 is 0 Å². The van der Waals surface area contributed by atoms with Gasteiger partial charge >= 0.3 is 0 Å². The van der Waals surface area contributed by atoms with E-state index in [2.05, 4.69) is 10.3 Å². The van der Waals surface area contributed by atoms with E-state index in [0.717, 1.165) is 12.1 Å². The summed E-state index contributed by atoms with van der Waals surface area (Å²) in [6, 6.07) is 0.166. The minimum Gasteiger partial charge on any atom is -0.421 e. The van der Waals surface area contributed by atoms with Gasteiger partial charge in [-0.2, -0.15) is 4.98 Å². The van der Waals surface area contributed by atoms with Gasteiger partial charge in [0, 0.05) is 7.05 Å². The highest BCUT2D eigenvalue weighted by Gasteiger charge is 2.12. The van der Waals surface area contributed by atoms with Crippen LogP contribution in [0.15, 0.2) is 4.42 Å². The molecule has 0 radical (unpaired) electrons. The minimum absolute atomic E-state index is 0.166. The lowest BCUT2D eigenvalue weighted by Gasteiger charge is -1.98. The number of nitrogens with one attached hydrogen (secondary N) is 1. The van der Waals surface area contributed by atoms with Gasteiger partial charge in [-0.25, -0.2) is 0 Å². The molecule has 0 spiro atoms. The van der Waals surface area contributed by atoms with Gasteiger partial charge in [0.15, 0.2) is 5.76 Å². The summed E-state index contributed by atoms with van der Waals surface area (Å²) in [5, 5.41) is 2.81. The van der Waals surface area contributed by atoms with E-state index >= 15 is 0 Å². The second kappa shape index (κ2) is 3.53. The molecule has 0 aliphatic heterocycles. The number of anilines is 1. The van der Waals surface area contributed by atoms with Crippen molar-refractivity contribution in [2.24, 2.45) is 0 Å². The zero-order valence-corrected chi connectivity index (χ0v) is 7.86. The molecule has 1 heterocycles. The van der Waals surface area contributed by atoms with Gasteiger partial charge in [-0.1, -0.05) is 19.1 Å². The average Bonchev–Trinajstić information content (AvgIpc) is 2.45. The maximum Gasteiger partial charge on any atom is 0.292 e. The second-order valence-corrected chi connectivity index (χ2v) is 2.67. The lowest BCUT2D eigenvalue weighted by Crippen LogP contribution is -2.17. The number of nitrogen functional groups attached to an aromatic ring is 1. The molecule has 0 fully saturated rings. The molecule has 0 saturated heterocycles. The lowest BCUT2D eigenvalue weighted by molar-refractivity contribution is 0.568. The normalized spacial score (nSPS) is 9.83. The van der Waals surface area contributed by atoms with Crippen LogP contribution in [0.1, 0.15) is 18.4 Å². The van der Waals surface area contributed by atoms with Gasteiger partial charge in [-0.15, -0.1) is 0 Å². The molecule has 0 aromatic carbocycles. The van der Waals surface area contributed by atoms with Crippen molar-refractivity contribution in [3.63, 3.8) is 0 Å². The van der Waals surface area contributed by atoms with Crippen LogP contribution in [0.25, 0.3) is 0 Å². The van der Waals surface area contributed by atoms with E-state index in [0.29, 0.717) is 10.7 Å². The van der Waals surface area contributed by atoms with Crippen LogP contribution in [0, 0.1) is 0 Å². The van der Waals surface area contributed by atoms with Gasteiger partial charge in [0.2, 0.25) is 0 Å². The summed E-state index contributed by atoms with van der Waals surface area (Å²) >= 11 is 4.99. The Morgan fingerprint density at radius 2 is 2.42 bits per heavy atom. The number of oxazole rings is 1. The Balaban J connectivity index is 3.04. The van der Waals surface area contributed by atoms with E-state index in [1.165, 1.54) is 0 Å². The fourth-order valence-corrected chi connectivity index (χ4v) is 1.06. The Kier molecular flexibility index (Phi) is 2.65. The van der Waals surface area contributed by atoms with Crippen molar-refractivity contribution in [1.29, 1.82) is 0 Å². The number of aryl methyl sites for hydroxylation is 1. The highest BCUT2D eigenvalue weighted by molar-refractivity contribution is 7.80. The summed E-state index contributed by atoms with van der Waals surface area (Å²) in [6.45, 7) is 1.97. The Morgan fingerprint density at radius 3 is 2.92 bits per heavy atom. The van der Waals surface area contributed by atoms with Crippen LogP contribution in [0.4, 0.5) is 6.01 Å². The van der Waals surface area contributed by atoms with Crippen LogP contribution in [-0.2, 0) is 6.42 Å². The van der Waals surface area contributed by atoms with Crippen molar-refractivity contribution in [3.05, 3.63) is 11.5 Å². The molecule has 3 N–H and O–H groups in total. The predicted octanol–water partition coefficient (Wildman–Crippen LogP) is 0.714. The maximum absolute atomic E-state index is 5.38. The first kappa shape index (κ1) is 8.99. The van der Waals surface area contributed by atoms with Gasteiger partial charge in [-0.05, 0) is 6.42 Å². The second-order valence-electron chi connectivity index (χ2n) is 2.26. The number of thiocarbonyl (C=S) groups is 1. The number of aromatic nitrogens is 1. The molecule has 1 aromatic rings. The monoisotopic (exact) mass is 185 g/mol. The lowest BCUT2D eigenvalue weighted by atomic mass is 10.3. The molecule has 0 saturated carbocycles. The Labute approximate surface area is 76.2 Å². The number of nitrogens with two attached hydrogens (primary N) is 1. The Bertz CT molecular complexity index is 295. The molecule has 1 aromatic heterocycles. The fourth-order valence-electron chi connectivity index (χ4n) is 0.901. The highest BCUT2D eigenvalue weighted by atomic mass is 32.1. The van der Waals surface area contributed by atoms with Gasteiger partial charge in [-0.3, -0.25) is 0 Å². The molecule has 12 heavy (non-hydrogen) atoms. The van der Waals surface area contributed by atoms with E-state index in [1.807, 2.05) is 6.92 Å². The topological polar surface area (TPSA) is 64.1 Å². The Morgan fingerprint density at radius 1 is 1.75 bits per heavy atom. The van der Waals surface area contributed by atoms with E-state index in [4.69, 9.17) is 22.4 Å². The molecular formula is C7H11N3OS. The number of nitrogens with zero attached hydrogens (tertiary/aromatic N) is 1. The third-order valence-electron chi connectivity index (χ3n) is 1.48. The zero-order chi connectivity index (χ0) is 9.14. The largest absolute Gasteiger partial charge is 0.421 e. The Hall–Kier alpha value is -1.10. The average molecular weight is 185 g/mol. The summed E-state index contributed by atoms with van der Waals surface area (Å²) in [7, 11) is 1.74. The summed E-state index contributed by atoms with van der Waals surface area (Å²) in [5.41, 5.74) is 6.18. The van der Waals surface area contributed by atoms with Crippen LogP contribution in [0.2, 0.25) is 0 Å². The van der Waals surface area contributed by atoms with Crippen LogP contribution in [0.3, 0.4) is 0 Å². The van der Waals surface area contributed by atoms with Crippen molar-refractivity contribution in [2.75, 3.05) is 12.8 Å². The molecule has 0 aliphatic rings. The molecular weight excluding hydrogens is 174 g/mol. The van der Waals surface area contributed by atoms with Crippen molar-refractivity contribution in [2.45, 2.75) is 13.3 Å². The SMILES string of the molecule is CCc1nc(N)oc1C(=S)NC. The third-order valence-corrected chi connectivity index (χ3v) is 1.87. The smallest absolute Gasteiger partial charge is 0.292 e. The number of hydrogen-bond acceptors (Lipinski definition) is 4. The first-order valence-electron chi connectivity index (χ1n) is 3.66. The summed E-state index contributed by atoms with van der Waals surface area (Å²) in [5.74, 6) is 0.576. The molecule has 0 aliphatic carbocycles. The first-order valence-corrected chi connectivity index (χ1v) is 4.07. The van der Waals surface area contributed by atoms with Crippen LogP contribution >= 0.6 is 12.2 Å². The first-order chi connectivity index (χ1) is 5.69. The molecule has 66 valence electrons. The van der Waals surface area contributed by atoms with Crippen LogP contribution < -0.4 is 11.1 Å². The molecule has 0 unspecified atom stereocenters. The summed E-state index contributed by atoms with van der Waals surface area (Å²) in [6.07, 6.45) is 0.762. The predicted molar refractivity (Wildman–Crippen MR) is 51.1 cm³/mol. The van der Waals surface area contributed by atoms with Gasteiger partial charge in [0.25, 0.3) is 6.01 Å². The van der Waals surface area contributed by atoms with Crippen LogP contribution in [0.5, 0.6) is 0 Å². The van der Waals surface area contributed by atoms with Crippen molar-refractivity contribution in [3.8, 4) is 0 Å². The molecule has 0 atom stereocenters. The third kappa shape index (κ3) is 1.55. The molecule has 1 rings (SSSR count). The zero-order valence-electron chi connectivity index (χ0n) is 7.05. The summed E-state index contributed by atoms with van der Waals surface area (Å²) < 4.78 is 5.12. The van der Waals surface area contributed by atoms with E-state index in [1.54, 1.807) is 7.05 Å². The fraction of sp³-hybridized carbons (Fsp3) is 0.429. The quantitative estimate of drug-likeness (QED) is 0.664. The van der Waals surface area contributed by atoms with Crippen molar-refractivity contribution < 1.29 is 4.42 Å². The molecule has 0 bridgehead atoms. The van der Waals surface area contributed by atoms with E-state index in [-0.39, 0.29) is 6.01 Å². The molecule has 4 nitrogen and oxygen atoms in total. The number of hydrogen-bond donors (Lipinski definition) is 2. The van der Waals surface area contributed by atoms with Gasteiger partial charge in [0.05, 0.1) is 5.69 Å². The maximum atomic E-state index is 5.38. The van der Waals surface area contributed by atoms with Gasteiger partial charge in [0.1, 0.15) is 4.99 Å². The van der Waals surface area contributed by atoms with Gasteiger partial charge < -0.3 is 15.5 Å². The standard InChI is InChI=1S/C7H11N3OS/c1-3-4-5(6(12)9-2)11-7(8)10-4/h3H2,1-2H3,(H2,8,10)(H,9,12). The summed E-state index contributed by atoms with van der Waals surface area (Å²) in [4.78, 5) is 4.52. The molecule has 0 amide bonds. The van der Waals surface area contributed by atoms with Crippen molar-refractivity contribution in [1.82, 2.24) is 10.3 Å². The van der Waals surface area contributed by atoms with E-state index in [9.17, 15) is 0 Å². The molecule has 5 heteroatoms. The van der Waals surface area contributed by atoms with Crippen molar-refractivity contribution >= 4 is 23.2 Å². The van der Waals surface area contributed by atoms with Crippen LogP contribution in [-0.4, -0.2) is 17.0 Å².